The Labute approximate surface area is 165 Å². The van der Waals surface area contributed by atoms with Crippen LogP contribution in [0.15, 0.2) is 35.1 Å². The fraction of sp³-hybridized carbons (Fsp3) is 0.278. The number of carbonyl (C=O) groups is 3. The van der Waals surface area contributed by atoms with Crippen molar-refractivity contribution in [1.82, 2.24) is 20.4 Å². The summed E-state index contributed by atoms with van der Waals surface area (Å²) < 4.78 is 6.18. The Morgan fingerprint density at radius 1 is 1.21 bits per heavy atom. The number of esters is 1. The van der Waals surface area contributed by atoms with Gasteiger partial charge in [-0.3, -0.25) is 14.9 Å². The zero-order valence-electron chi connectivity index (χ0n) is 15.3. The quantitative estimate of drug-likeness (QED) is 0.703. The fourth-order valence-corrected chi connectivity index (χ4v) is 2.30. The molecule has 1 heterocycles. The Kier molecular flexibility index (Phi) is 7.28. The maximum Gasteiger partial charge on any atom is 0.363 e. The van der Waals surface area contributed by atoms with Crippen LogP contribution in [0.5, 0.6) is 0 Å². The molecule has 0 saturated carbocycles. The summed E-state index contributed by atoms with van der Waals surface area (Å²) in [6, 6.07) is 7.16. The monoisotopic (exact) mass is 406 g/mol. The van der Waals surface area contributed by atoms with E-state index >= 15 is 0 Å². The van der Waals surface area contributed by atoms with E-state index in [1.54, 1.807) is 31.2 Å². The van der Waals surface area contributed by atoms with Gasteiger partial charge in [0.2, 0.25) is 11.1 Å². The molecule has 0 saturated heterocycles. The van der Waals surface area contributed by atoms with Crippen LogP contribution in [0.2, 0.25) is 5.02 Å². The van der Waals surface area contributed by atoms with Gasteiger partial charge in [0.05, 0.1) is 5.69 Å². The molecule has 0 atom stereocenters. The molecular formula is C18H19ClN4O5. The summed E-state index contributed by atoms with van der Waals surface area (Å²) in [4.78, 5) is 47.3. The number of aromatic nitrogens is 2. The first-order chi connectivity index (χ1) is 13.3. The van der Waals surface area contributed by atoms with Crippen LogP contribution in [0.4, 0.5) is 4.79 Å². The molecule has 0 aliphatic carbocycles. The topological polar surface area (TPSA) is 119 Å². The number of rotatable bonds is 6. The maximum atomic E-state index is 12.2. The molecule has 3 amide bonds. The van der Waals surface area contributed by atoms with E-state index in [0.717, 1.165) is 0 Å². The molecule has 10 heteroatoms. The second kappa shape index (κ2) is 9.65. The standard InChI is InChI=1S/C18H19ClN4O5/c1-3-8-20-18(27)21-15(25)10-28-17(26)16-14(24)9-11(2)23(22-16)13-6-4-12(19)5-7-13/h4-7,9H,3,8,10H2,1-2H3,(H2,20,21,25,27). The van der Waals surface area contributed by atoms with E-state index in [4.69, 9.17) is 16.3 Å². The van der Waals surface area contributed by atoms with Crippen LogP contribution in [0.1, 0.15) is 29.5 Å². The Bertz CT molecular complexity index is 940. The molecular weight excluding hydrogens is 388 g/mol. The maximum absolute atomic E-state index is 12.2. The molecule has 0 aliphatic rings. The predicted octanol–water partition coefficient (Wildman–Crippen LogP) is 1.59. The number of nitrogens with zero attached hydrogens (tertiary/aromatic N) is 2. The minimum absolute atomic E-state index is 0.399. The molecule has 2 N–H and O–H groups in total. The molecule has 0 unspecified atom stereocenters. The molecule has 0 aliphatic heterocycles. The number of hydrogen-bond acceptors (Lipinski definition) is 6. The highest BCUT2D eigenvalue weighted by Crippen LogP contribution is 2.13. The second-order valence-corrected chi connectivity index (χ2v) is 6.20. The lowest BCUT2D eigenvalue weighted by Gasteiger charge is -2.11. The van der Waals surface area contributed by atoms with Gasteiger partial charge in [-0.25, -0.2) is 14.3 Å². The van der Waals surface area contributed by atoms with Gasteiger partial charge >= 0.3 is 12.0 Å². The van der Waals surface area contributed by atoms with Gasteiger partial charge < -0.3 is 10.1 Å². The number of urea groups is 1. The van der Waals surface area contributed by atoms with Crippen molar-refractivity contribution in [1.29, 1.82) is 0 Å². The summed E-state index contributed by atoms with van der Waals surface area (Å²) in [6.45, 7) is 3.18. The number of amides is 3. The minimum Gasteiger partial charge on any atom is -0.451 e. The van der Waals surface area contributed by atoms with Gasteiger partial charge in [0.25, 0.3) is 5.91 Å². The highest BCUT2D eigenvalue weighted by Gasteiger charge is 2.18. The Morgan fingerprint density at radius 2 is 1.89 bits per heavy atom. The summed E-state index contributed by atoms with van der Waals surface area (Å²) in [5, 5.41) is 9.00. The van der Waals surface area contributed by atoms with Crippen molar-refractivity contribution in [2.24, 2.45) is 0 Å². The van der Waals surface area contributed by atoms with Crippen LogP contribution in [-0.4, -0.2) is 40.8 Å². The summed E-state index contributed by atoms with van der Waals surface area (Å²) in [5.41, 5.74) is -0.0481. The summed E-state index contributed by atoms with van der Waals surface area (Å²) in [5.74, 6) is -1.90. The van der Waals surface area contributed by atoms with Gasteiger partial charge in [0, 0.05) is 23.3 Å². The number of ether oxygens (including phenoxy) is 1. The first-order valence-electron chi connectivity index (χ1n) is 8.43. The van der Waals surface area contributed by atoms with E-state index in [0.29, 0.717) is 29.4 Å². The van der Waals surface area contributed by atoms with Crippen LogP contribution in [-0.2, 0) is 9.53 Å². The van der Waals surface area contributed by atoms with Gasteiger partial charge in [-0.1, -0.05) is 18.5 Å². The molecule has 0 radical (unpaired) electrons. The molecule has 148 valence electrons. The molecule has 0 fully saturated rings. The van der Waals surface area contributed by atoms with Crippen LogP contribution < -0.4 is 16.1 Å². The number of halogens is 1. The molecule has 0 bridgehead atoms. The zero-order chi connectivity index (χ0) is 20.7. The van der Waals surface area contributed by atoms with Gasteiger partial charge in [0.1, 0.15) is 0 Å². The van der Waals surface area contributed by atoms with E-state index in [2.05, 4.69) is 10.4 Å². The third-order valence-corrected chi connectivity index (χ3v) is 3.75. The molecule has 0 spiro atoms. The van der Waals surface area contributed by atoms with Crippen molar-refractivity contribution in [2.45, 2.75) is 20.3 Å². The molecule has 1 aromatic heterocycles. The SMILES string of the molecule is CCCNC(=O)NC(=O)COC(=O)c1nn(-c2ccc(Cl)cc2)c(C)cc1=O. The molecule has 9 nitrogen and oxygen atoms in total. The Hall–Kier alpha value is -3.20. The number of aryl methyl sites for hydroxylation is 1. The van der Waals surface area contributed by atoms with E-state index < -0.39 is 35.6 Å². The zero-order valence-corrected chi connectivity index (χ0v) is 16.1. The van der Waals surface area contributed by atoms with Crippen molar-refractivity contribution in [3.8, 4) is 5.69 Å². The molecule has 28 heavy (non-hydrogen) atoms. The number of hydrogen-bond donors (Lipinski definition) is 2. The molecule has 1 aromatic carbocycles. The third-order valence-electron chi connectivity index (χ3n) is 3.49. The number of nitrogens with one attached hydrogen (secondary N) is 2. The van der Waals surface area contributed by atoms with Crippen molar-refractivity contribution in [3.05, 3.63) is 57.0 Å². The lowest BCUT2D eigenvalue weighted by molar-refractivity contribution is -0.123. The first-order valence-corrected chi connectivity index (χ1v) is 8.81. The second-order valence-electron chi connectivity index (χ2n) is 5.77. The predicted molar refractivity (Wildman–Crippen MR) is 102 cm³/mol. The van der Waals surface area contributed by atoms with Crippen molar-refractivity contribution >= 4 is 29.5 Å². The third kappa shape index (κ3) is 5.65. The average molecular weight is 407 g/mol. The molecule has 2 aromatic rings. The number of benzene rings is 1. The number of imide groups is 1. The lowest BCUT2D eigenvalue weighted by atomic mass is 10.3. The highest BCUT2D eigenvalue weighted by atomic mass is 35.5. The van der Waals surface area contributed by atoms with Crippen LogP contribution in [0, 0.1) is 6.92 Å². The first kappa shape index (κ1) is 21.1. The lowest BCUT2D eigenvalue weighted by Crippen LogP contribution is -2.41. The average Bonchev–Trinajstić information content (AvgIpc) is 2.65. The van der Waals surface area contributed by atoms with E-state index in [9.17, 15) is 19.2 Å². The molecule has 2 rings (SSSR count). The van der Waals surface area contributed by atoms with Crippen LogP contribution >= 0.6 is 11.6 Å². The van der Waals surface area contributed by atoms with Crippen molar-refractivity contribution < 1.29 is 19.1 Å². The highest BCUT2D eigenvalue weighted by molar-refractivity contribution is 6.30. The summed E-state index contributed by atoms with van der Waals surface area (Å²) >= 11 is 5.86. The van der Waals surface area contributed by atoms with E-state index in [1.807, 2.05) is 12.2 Å². The smallest absolute Gasteiger partial charge is 0.363 e. The Balaban J connectivity index is 2.10. The van der Waals surface area contributed by atoms with Gasteiger partial charge in [-0.15, -0.1) is 0 Å². The van der Waals surface area contributed by atoms with Crippen LogP contribution in [0.3, 0.4) is 0 Å². The van der Waals surface area contributed by atoms with E-state index in [-0.39, 0.29) is 0 Å². The normalized spacial score (nSPS) is 10.2. The van der Waals surface area contributed by atoms with Crippen molar-refractivity contribution in [3.63, 3.8) is 0 Å². The van der Waals surface area contributed by atoms with Gasteiger partial charge in [-0.2, -0.15) is 5.10 Å². The summed E-state index contributed by atoms with van der Waals surface area (Å²) in [6.07, 6.45) is 0.704. The van der Waals surface area contributed by atoms with Gasteiger partial charge in [0.15, 0.2) is 6.61 Å². The van der Waals surface area contributed by atoms with E-state index in [1.165, 1.54) is 10.7 Å². The van der Waals surface area contributed by atoms with Crippen molar-refractivity contribution in [2.75, 3.05) is 13.2 Å². The van der Waals surface area contributed by atoms with Gasteiger partial charge in [-0.05, 0) is 37.6 Å². The Morgan fingerprint density at radius 3 is 2.54 bits per heavy atom. The number of carbonyl (C=O) groups excluding carboxylic acids is 3. The largest absolute Gasteiger partial charge is 0.451 e. The van der Waals surface area contributed by atoms with Crippen LogP contribution in [0.25, 0.3) is 5.69 Å². The minimum atomic E-state index is -1.07. The summed E-state index contributed by atoms with van der Waals surface area (Å²) in [7, 11) is 0. The fourth-order valence-electron chi connectivity index (χ4n) is 2.18.